The van der Waals surface area contributed by atoms with E-state index in [1.807, 2.05) is 0 Å². The average molecular weight is 241 g/mol. The van der Waals surface area contributed by atoms with Gasteiger partial charge in [-0.2, -0.15) is 0 Å². The zero-order valence-corrected chi connectivity index (χ0v) is 9.49. The quantitative estimate of drug-likeness (QED) is 0.621. The van der Waals surface area contributed by atoms with E-state index in [9.17, 15) is 9.59 Å². The fourth-order valence-corrected chi connectivity index (χ4v) is 1.50. The molecule has 6 heteroatoms. The number of aliphatic carboxylic acids is 1. The Labute approximate surface area is 96.8 Å². The van der Waals surface area contributed by atoms with Crippen LogP contribution in [0.1, 0.15) is 17.3 Å². The number of ether oxygens (including phenoxy) is 1. The molecule has 0 fully saturated rings. The van der Waals surface area contributed by atoms with Gasteiger partial charge < -0.3 is 9.84 Å². The van der Waals surface area contributed by atoms with Crippen LogP contribution in [0.3, 0.4) is 0 Å². The summed E-state index contributed by atoms with van der Waals surface area (Å²) in [5.74, 6) is -1.38. The minimum Gasteiger partial charge on any atom is -0.481 e. The van der Waals surface area contributed by atoms with Crippen LogP contribution in [-0.4, -0.2) is 34.4 Å². The first-order valence-corrected chi connectivity index (χ1v) is 5.59. The van der Waals surface area contributed by atoms with E-state index in [0.717, 1.165) is 11.8 Å². The van der Waals surface area contributed by atoms with E-state index >= 15 is 0 Å². The summed E-state index contributed by atoms with van der Waals surface area (Å²) in [5.41, 5.74) is 0.363. The predicted octanol–water partition coefficient (Wildman–Crippen LogP) is 1.44. The van der Waals surface area contributed by atoms with Crippen molar-refractivity contribution < 1.29 is 19.4 Å². The Balaban J connectivity index is 2.60. The van der Waals surface area contributed by atoms with E-state index in [1.54, 1.807) is 19.1 Å². The van der Waals surface area contributed by atoms with Crippen molar-refractivity contribution in [2.75, 3.05) is 12.4 Å². The van der Waals surface area contributed by atoms with Crippen LogP contribution in [-0.2, 0) is 9.53 Å². The number of hydrogen-bond donors (Lipinski definition) is 1. The monoisotopic (exact) mass is 241 g/mol. The number of thioether (sulfide) groups is 1. The first-order chi connectivity index (χ1) is 7.63. The molecule has 1 aromatic rings. The second-order valence-electron chi connectivity index (χ2n) is 2.79. The van der Waals surface area contributed by atoms with Crippen LogP contribution in [0.4, 0.5) is 0 Å². The Morgan fingerprint density at radius 3 is 2.75 bits per heavy atom. The molecule has 0 bridgehead atoms. The summed E-state index contributed by atoms with van der Waals surface area (Å²) in [7, 11) is 0. The maximum absolute atomic E-state index is 11.3. The van der Waals surface area contributed by atoms with Gasteiger partial charge in [-0.25, -0.2) is 9.78 Å². The van der Waals surface area contributed by atoms with Crippen LogP contribution in [0, 0.1) is 0 Å². The number of hydrogen-bond acceptors (Lipinski definition) is 5. The third-order valence-electron chi connectivity index (χ3n) is 1.59. The lowest BCUT2D eigenvalue weighted by atomic mass is 10.3. The molecule has 1 N–H and O–H groups in total. The first-order valence-electron chi connectivity index (χ1n) is 4.61. The molecule has 0 aliphatic rings. The predicted molar refractivity (Wildman–Crippen MR) is 58.6 cm³/mol. The summed E-state index contributed by atoms with van der Waals surface area (Å²) in [5, 5.41) is 9.03. The summed E-state index contributed by atoms with van der Waals surface area (Å²) < 4.78 is 4.79. The number of aromatic nitrogens is 1. The molecule has 0 aromatic carbocycles. The van der Waals surface area contributed by atoms with Gasteiger partial charge in [0.2, 0.25) is 0 Å². The highest BCUT2D eigenvalue weighted by atomic mass is 32.2. The lowest BCUT2D eigenvalue weighted by molar-refractivity contribution is -0.133. The number of pyridine rings is 1. The van der Waals surface area contributed by atoms with Gasteiger partial charge in [-0.05, 0) is 19.1 Å². The zero-order valence-electron chi connectivity index (χ0n) is 8.67. The molecule has 86 valence electrons. The van der Waals surface area contributed by atoms with Gasteiger partial charge in [-0.15, -0.1) is 0 Å². The summed E-state index contributed by atoms with van der Waals surface area (Å²) in [4.78, 5) is 25.5. The summed E-state index contributed by atoms with van der Waals surface area (Å²) in [6, 6.07) is 3.16. The Hall–Kier alpha value is -1.56. The minimum absolute atomic E-state index is 0.0498. The summed E-state index contributed by atoms with van der Waals surface area (Å²) in [6.07, 6.45) is 1.38. The molecule has 0 atom stereocenters. The van der Waals surface area contributed by atoms with Crippen molar-refractivity contribution in [1.82, 2.24) is 4.98 Å². The van der Waals surface area contributed by atoms with Gasteiger partial charge in [0.1, 0.15) is 0 Å². The molecule has 0 saturated carbocycles. The van der Waals surface area contributed by atoms with E-state index < -0.39 is 11.9 Å². The Bertz CT molecular complexity index is 377. The van der Waals surface area contributed by atoms with Gasteiger partial charge in [-0.1, -0.05) is 11.8 Å². The standard InChI is InChI=1S/C10H11NO4S/c1-2-15-10(14)7-3-4-8(11-5-7)16-6-9(12)13/h3-5H,2,6H2,1H3,(H,12,13). The molecular formula is C10H11NO4S. The SMILES string of the molecule is CCOC(=O)c1ccc(SCC(=O)O)nc1. The van der Waals surface area contributed by atoms with Crippen molar-refractivity contribution in [2.24, 2.45) is 0 Å². The van der Waals surface area contributed by atoms with E-state index in [-0.39, 0.29) is 5.75 Å². The van der Waals surface area contributed by atoms with Gasteiger partial charge in [0.25, 0.3) is 0 Å². The molecule has 16 heavy (non-hydrogen) atoms. The van der Waals surface area contributed by atoms with Crippen molar-refractivity contribution in [3.8, 4) is 0 Å². The smallest absolute Gasteiger partial charge is 0.339 e. The van der Waals surface area contributed by atoms with Crippen LogP contribution in [0.5, 0.6) is 0 Å². The molecule has 0 radical (unpaired) electrons. The fraction of sp³-hybridized carbons (Fsp3) is 0.300. The minimum atomic E-state index is -0.902. The highest BCUT2D eigenvalue weighted by Crippen LogP contribution is 2.15. The molecule has 1 rings (SSSR count). The number of carboxylic acids is 1. The Morgan fingerprint density at radius 1 is 1.50 bits per heavy atom. The molecule has 1 heterocycles. The second kappa shape index (κ2) is 6.12. The third-order valence-corrected chi connectivity index (χ3v) is 2.52. The van der Waals surface area contributed by atoms with Gasteiger partial charge >= 0.3 is 11.9 Å². The highest BCUT2D eigenvalue weighted by Gasteiger charge is 2.07. The third kappa shape index (κ3) is 3.90. The average Bonchev–Trinajstić information content (AvgIpc) is 2.27. The van der Waals surface area contributed by atoms with Gasteiger partial charge in [0.15, 0.2) is 0 Å². The highest BCUT2D eigenvalue weighted by molar-refractivity contribution is 7.99. The maximum Gasteiger partial charge on any atom is 0.339 e. The van der Waals surface area contributed by atoms with Gasteiger partial charge in [0, 0.05) is 6.20 Å². The number of rotatable bonds is 5. The molecule has 0 aliphatic carbocycles. The van der Waals surface area contributed by atoms with Crippen molar-refractivity contribution in [2.45, 2.75) is 11.9 Å². The lowest BCUT2D eigenvalue weighted by Crippen LogP contribution is -2.05. The van der Waals surface area contributed by atoms with Crippen LogP contribution >= 0.6 is 11.8 Å². The van der Waals surface area contributed by atoms with Crippen LogP contribution in [0.2, 0.25) is 0 Å². The fourth-order valence-electron chi connectivity index (χ4n) is 0.937. The van der Waals surface area contributed by atoms with Crippen LogP contribution in [0.25, 0.3) is 0 Å². The van der Waals surface area contributed by atoms with E-state index in [1.165, 1.54) is 6.20 Å². The molecule has 5 nitrogen and oxygen atoms in total. The largest absolute Gasteiger partial charge is 0.481 e. The van der Waals surface area contributed by atoms with E-state index in [4.69, 9.17) is 9.84 Å². The molecular weight excluding hydrogens is 230 g/mol. The van der Waals surface area contributed by atoms with Crippen LogP contribution in [0.15, 0.2) is 23.4 Å². The van der Waals surface area contributed by atoms with Gasteiger partial charge in [-0.3, -0.25) is 4.79 Å². The second-order valence-corrected chi connectivity index (χ2v) is 3.78. The Morgan fingerprint density at radius 2 is 2.25 bits per heavy atom. The number of nitrogens with zero attached hydrogens (tertiary/aromatic N) is 1. The molecule has 0 spiro atoms. The van der Waals surface area contributed by atoms with Crippen molar-refractivity contribution in [3.05, 3.63) is 23.9 Å². The van der Waals surface area contributed by atoms with Crippen molar-refractivity contribution in [3.63, 3.8) is 0 Å². The summed E-state index contributed by atoms with van der Waals surface area (Å²) >= 11 is 1.10. The molecule has 1 aromatic heterocycles. The van der Waals surface area contributed by atoms with E-state index in [2.05, 4.69) is 4.98 Å². The molecule has 0 aliphatic heterocycles. The maximum atomic E-state index is 11.3. The molecule has 0 unspecified atom stereocenters. The van der Waals surface area contributed by atoms with Crippen molar-refractivity contribution in [1.29, 1.82) is 0 Å². The first kappa shape index (κ1) is 12.5. The normalized spacial score (nSPS) is 9.81. The zero-order chi connectivity index (χ0) is 12.0. The van der Waals surface area contributed by atoms with Crippen LogP contribution < -0.4 is 0 Å². The molecule has 0 amide bonds. The van der Waals surface area contributed by atoms with Crippen molar-refractivity contribution >= 4 is 23.7 Å². The van der Waals surface area contributed by atoms with E-state index in [0.29, 0.717) is 17.2 Å². The topological polar surface area (TPSA) is 76.5 Å². The lowest BCUT2D eigenvalue weighted by Gasteiger charge is -2.02. The number of carboxylic acid groups (broad SMARTS) is 1. The van der Waals surface area contributed by atoms with Gasteiger partial charge in [0.05, 0.1) is 22.9 Å². The number of carbonyl (C=O) groups is 2. The number of carbonyl (C=O) groups excluding carboxylic acids is 1. The number of esters is 1. The molecule has 0 saturated heterocycles. The Kier molecular flexibility index (Phi) is 4.78. The summed E-state index contributed by atoms with van der Waals surface area (Å²) in [6.45, 7) is 2.04.